The van der Waals surface area contributed by atoms with Crippen LogP contribution in [0.3, 0.4) is 0 Å². The molecule has 7 heteroatoms. The minimum Gasteiger partial charge on any atom is -0.507 e. The topological polar surface area (TPSA) is 90.8 Å². The highest BCUT2D eigenvalue weighted by Crippen LogP contribution is 2.23. The van der Waals surface area contributed by atoms with E-state index in [-0.39, 0.29) is 11.7 Å². The Morgan fingerprint density at radius 2 is 2.10 bits per heavy atom. The molecule has 0 aromatic heterocycles. The van der Waals surface area contributed by atoms with Crippen molar-refractivity contribution in [2.45, 2.75) is 13.8 Å². The second-order valence-corrected chi connectivity index (χ2v) is 5.37. The van der Waals surface area contributed by atoms with Gasteiger partial charge in [-0.3, -0.25) is 9.59 Å². The highest BCUT2D eigenvalue weighted by molar-refractivity contribution is 9.10. The van der Waals surface area contributed by atoms with Crippen LogP contribution in [0.2, 0.25) is 0 Å². The minimum atomic E-state index is -0.820. The van der Waals surface area contributed by atoms with Crippen molar-refractivity contribution in [1.29, 1.82) is 0 Å². The van der Waals surface area contributed by atoms with Crippen molar-refractivity contribution in [2.24, 2.45) is 11.0 Å². The number of halogens is 1. The van der Waals surface area contributed by atoms with Crippen molar-refractivity contribution < 1.29 is 14.7 Å². The lowest BCUT2D eigenvalue weighted by molar-refractivity contribution is -0.139. The van der Waals surface area contributed by atoms with Crippen molar-refractivity contribution in [3.63, 3.8) is 0 Å². The van der Waals surface area contributed by atoms with Crippen molar-refractivity contribution in [3.8, 4) is 5.75 Å². The normalized spacial score (nSPS) is 10.8. The fourth-order valence-electron chi connectivity index (χ4n) is 1.20. The van der Waals surface area contributed by atoms with Gasteiger partial charge in [-0.25, -0.2) is 5.43 Å². The van der Waals surface area contributed by atoms with Crippen LogP contribution in [0.15, 0.2) is 27.8 Å². The van der Waals surface area contributed by atoms with E-state index in [0.29, 0.717) is 16.6 Å². The van der Waals surface area contributed by atoms with Crippen LogP contribution in [0, 0.1) is 5.92 Å². The fourth-order valence-corrected chi connectivity index (χ4v) is 1.59. The summed E-state index contributed by atoms with van der Waals surface area (Å²) in [6.45, 7) is 4.29. The summed E-state index contributed by atoms with van der Waals surface area (Å²) in [5, 5.41) is 15.5. The third-order valence-electron chi connectivity index (χ3n) is 2.23. The third-order valence-corrected chi connectivity index (χ3v) is 2.86. The van der Waals surface area contributed by atoms with Crippen molar-refractivity contribution in [1.82, 2.24) is 10.7 Å². The van der Waals surface area contributed by atoms with E-state index >= 15 is 0 Å². The zero-order chi connectivity index (χ0) is 15.1. The van der Waals surface area contributed by atoms with Crippen molar-refractivity contribution >= 4 is 34.0 Å². The van der Waals surface area contributed by atoms with E-state index in [1.807, 2.05) is 13.8 Å². The first kappa shape index (κ1) is 16.2. The summed E-state index contributed by atoms with van der Waals surface area (Å²) in [7, 11) is 0. The van der Waals surface area contributed by atoms with Crippen molar-refractivity contribution in [2.75, 3.05) is 6.54 Å². The fraction of sp³-hybridized carbons (Fsp3) is 0.308. The van der Waals surface area contributed by atoms with E-state index in [2.05, 4.69) is 31.8 Å². The Bertz CT molecular complexity index is 530. The zero-order valence-electron chi connectivity index (χ0n) is 11.2. The second kappa shape index (κ2) is 7.64. The molecule has 20 heavy (non-hydrogen) atoms. The Balaban J connectivity index is 2.49. The Morgan fingerprint density at radius 3 is 2.70 bits per heavy atom. The summed E-state index contributed by atoms with van der Waals surface area (Å²) in [6, 6.07) is 4.74. The lowest BCUT2D eigenvalue weighted by atomic mass is 10.2. The Hall–Kier alpha value is -1.89. The number of phenols is 1. The van der Waals surface area contributed by atoms with Crippen LogP contribution < -0.4 is 10.7 Å². The van der Waals surface area contributed by atoms with Gasteiger partial charge in [0.05, 0.1) is 10.7 Å². The lowest BCUT2D eigenvalue weighted by Crippen LogP contribution is -2.39. The maximum Gasteiger partial charge on any atom is 0.329 e. The number of aromatic hydroxyl groups is 1. The van der Waals surface area contributed by atoms with Gasteiger partial charge >= 0.3 is 11.8 Å². The number of rotatable bonds is 4. The van der Waals surface area contributed by atoms with Gasteiger partial charge in [0, 0.05) is 6.54 Å². The van der Waals surface area contributed by atoms with Gasteiger partial charge in [0.2, 0.25) is 0 Å². The number of phenolic OH excluding ortho intramolecular Hbond substituents is 1. The van der Waals surface area contributed by atoms with Crippen LogP contribution in [0.1, 0.15) is 19.4 Å². The molecule has 0 spiro atoms. The van der Waals surface area contributed by atoms with Crippen LogP contribution in [0.4, 0.5) is 0 Å². The maximum atomic E-state index is 11.4. The average molecular weight is 342 g/mol. The van der Waals surface area contributed by atoms with Gasteiger partial charge in [-0.1, -0.05) is 13.8 Å². The molecular weight excluding hydrogens is 326 g/mol. The van der Waals surface area contributed by atoms with E-state index in [9.17, 15) is 14.7 Å². The van der Waals surface area contributed by atoms with Crippen LogP contribution in [-0.2, 0) is 9.59 Å². The monoisotopic (exact) mass is 341 g/mol. The molecule has 0 fully saturated rings. The molecule has 2 amide bonds. The molecule has 6 nitrogen and oxygen atoms in total. The first-order chi connectivity index (χ1) is 9.40. The van der Waals surface area contributed by atoms with E-state index in [0.717, 1.165) is 0 Å². The number of carbonyl (C=O) groups is 2. The molecule has 108 valence electrons. The van der Waals surface area contributed by atoms with Gasteiger partial charge in [0.15, 0.2) is 0 Å². The molecule has 0 aliphatic rings. The van der Waals surface area contributed by atoms with Crippen LogP contribution in [0.25, 0.3) is 0 Å². The summed E-state index contributed by atoms with van der Waals surface area (Å²) >= 11 is 3.16. The van der Waals surface area contributed by atoms with Gasteiger partial charge in [-0.15, -0.1) is 0 Å². The summed E-state index contributed by atoms with van der Waals surface area (Å²) in [4.78, 5) is 22.7. The molecule has 3 N–H and O–H groups in total. The highest BCUT2D eigenvalue weighted by Gasteiger charge is 2.11. The predicted octanol–water partition coefficient (Wildman–Crippen LogP) is 1.38. The quantitative estimate of drug-likeness (QED) is 0.439. The smallest absolute Gasteiger partial charge is 0.329 e. The first-order valence-electron chi connectivity index (χ1n) is 6.00. The molecule has 0 heterocycles. The number of amides is 2. The third kappa shape index (κ3) is 5.40. The van der Waals surface area contributed by atoms with Gasteiger partial charge < -0.3 is 10.4 Å². The summed E-state index contributed by atoms with van der Waals surface area (Å²) in [5.41, 5.74) is 2.79. The number of hydrogen-bond acceptors (Lipinski definition) is 4. The van der Waals surface area contributed by atoms with E-state index in [1.54, 1.807) is 12.1 Å². The minimum absolute atomic E-state index is 0.110. The summed E-state index contributed by atoms with van der Waals surface area (Å²) in [6.07, 6.45) is 1.37. The molecule has 0 saturated heterocycles. The Morgan fingerprint density at radius 1 is 1.40 bits per heavy atom. The summed E-state index contributed by atoms with van der Waals surface area (Å²) < 4.78 is 0.516. The van der Waals surface area contributed by atoms with E-state index in [1.165, 1.54) is 12.3 Å². The van der Waals surface area contributed by atoms with E-state index < -0.39 is 11.8 Å². The molecule has 0 unspecified atom stereocenters. The Kier molecular flexibility index (Phi) is 6.17. The number of carbonyl (C=O) groups excluding carboxylic acids is 2. The van der Waals surface area contributed by atoms with Crippen LogP contribution in [-0.4, -0.2) is 29.7 Å². The molecule has 0 atom stereocenters. The molecule has 0 bridgehead atoms. The van der Waals surface area contributed by atoms with Gasteiger partial charge in [0.1, 0.15) is 5.75 Å². The average Bonchev–Trinajstić information content (AvgIpc) is 2.39. The molecule has 0 radical (unpaired) electrons. The molecule has 0 saturated carbocycles. The molecule has 1 aromatic rings. The van der Waals surface area contributed by atoms with Gasteiger partial charge in [-0.05, 0) is 45.6 Å². The van der Waals surface area contributed by atoms with E-state index in [4.69, 9.17) is 0 Å². The molecule has 1 rings (SSSR count). The van der Waals surface area contributed by atoms with Crippen LogP contribution >= 0.6 is 15.9 Å². The molecular formula is C13H16BrN3O3. The zero-order valence-corrected chi connectivity index (χ0v) is 12.8. The molecule has 0 aliphatic carbocycles. The maximum absolute atomic E-state index is 11.4. The highest BCUT2D eigenvalue weighted by atomic mass is 79.9. The number of hydrogen-bond donors (Lipinski definition) is 3. The summed E-state index contributed by atoms with van der Waals surface area (Å²) in [5.74, 6) is -1.16. The number of hydrazone groups is 1. The lowest BCUT2D eigenvalue weighted by Gasteiger charge is -2.05. The van der Waals surface area contributed by atoms with Gasteiger partial charge in [0.25, 0.3) is 0 Å². The SMILES string of the molecule is CC(C)CNC(=O)C(=O)N/N=C/c1ccc(O)c(Br)c1. The van der Waals surface area contributed by atoms with Crippen molar-refractivity contribution in [3.05, 3.63) is 28.2 Å². The molecule has 1 aromatic carbocycles. The largest absolute Gasteiger partial charge is 0.507 e. The number of nitrogens with one attached hydrogen (secondary N) is 2. The first-order valence-corrected chi connectivity index (χ1v) is 6.79. The number of benzene rings is 1. The standard InChI is InChI=1S/C13H16BrN3O3/c1-8(2)6-15-12(19)13(20)17-16-7-9-3-4-11(18)10(14)5-9/h3-5,7-8,18H,6H2,1-2H3,(H,15,19)(H,17,20)/b16-7+. The Labute approximate surface area is 125 Å². The van der Waals surface area contributed by atoms with Gasteiger partial charge in [-0.2, -0.15) is 5.10 Å². The molecule has 0 aliphatic heterocycles. The number of nitrogens with zero attached hydrogens (tertiary/aromatic N) is 1. The predicted molar refractivity (Wildman–Crippen MR) is 79.4 cm³/mol. The van der Waals surface area contributed by atoms with Crippen LogP contribution in [0.5, 0.6) is 5.75 Å². The second-order valence-electron chi connectivity index (χ2n) is 4.51.